The monoisotopic (exact) mass is 110 g/mol. The van der Waals surface area contributed by atoms with Crippen molar-refractivity contribution in [1.29, 1.82) is 0 Å². The summed E-state index contributed by atoms with van der Waals surface area (Å²) in [4.78, 5) is 10.9. The van der Waals surface area contributed by atoms with Crippen LogP contribution in [0.1, 0.15) is 6.42 Å². The zero-order chi connectivity index (χ0) is 5.30. The van der Waals surface area contributed by atoms with Crippen LogP contribution in [-0.2, 0) is 9.53 Å². The van der Waals surface area contributed by atoms with Gasteiger partial charge in [0.25, 0.3) is 0 Å². The van der Waals surface area contributed by atoms with E-state index in [1.54, 1.807) is 0 Å². The lowest BCUT2D eigenvalue weighted by Gasteiger charge is -1.92. The van der Waals surface area contributed by atoms with E-state index in [4.69, 9.17) is 4.74 Å². The summed E-state index contributed by atoms with van der Waals surface area (Å²) in [5.41, 5.74) is 0. The molecule has 2 heterocycles. The second-order valence-corrected chi connectivity index (χ2v) is 2.92. The van der Waals surface area contributed by atoms with Gasteiger partial charge in [-0.3, -0.25) is 4.79 Å². The molecule has 2 nitrogen and oxygen atoms in total. The topological polar surface area (TPSA) is 26.3 Å². The molecule has 2 heteroatoms. The first-order valence-electron chi connectivity index (χ1n) is 3.07. The Balaban J connectivity index is 2.21. The van der Waals surface area contributed by atoms with Crippen molar-refractivity contribution in [2.75, 3.05) is 0 Å². The van der Waals surface area contributed by atoms with Crippen LogP contribution in [0.25, 0.3) is 0 Å². The minimum Gasteiger partial charge on any atom is -0.366 e. The highest BCUT2D eigenvalue weighted by Gasteiger charge is 2.70. The second kappa shape index (κ2) is 0.760. The van der Waals surface area contributed by atoms with Crippen molar-refractivity contribution >= 4 is 5.78 Å². The SMILES string of the molecule is O=C1C2CC3C(O2)C13. The molecule has 4 bridgehead atoms. The summed E-state index contributed by atoms with van der Waals surface area (Å²) < 4.78 is 5.27. The molecule has 0 aromatic carbocycles. The lowest BCUT2D eigenvalue weighted by molar-refractivity contribution is -0.122. The van der Waals surface area contributed by atoms with Gasteiger partial charge in [-0.25, -0.2) is 0 Å². The van der Waals surface area contributed by atoms with Gasteiger partial charge in [0, 0.05) is 5.92 Å². The molecule has 4 atom stereocenters. The number of hydrogen-bond donors (Lipinski definition) is 0. The average Bonchev–Trinajstić information content (AvgIpc) is 2.23. The molecule has 4 rings (SSSR count). The first kappa shape index (κ1) is 3.62. The summed E-state index contributed by atoms with van der Waals surface area (Å²) in [5.74, 6) is 1.41. The Hall–Kier alpha value is -0.370. The van der Waals surface area contributed by atoms with Crippen molar-refractivity contribution in [3.8, 4) is 0 Å². The highest BCUT2D eigenvalue weighted by atomic mass is 16.5. The molecule has 4 aliphatic rings. The fraction of sp³-hybridized carbons (Fsp3) is 0.833. The van der Waals surface area contributed by atoms with Crippen molar-refractivity contribution in [3.63, 3.8) is 0 Å². The molecule has 2 aliphatic heterocycles. The molecule has 0 aromatic rings. The molecule has 4 unspecified atom stereocenters. The first-order valence-corrected chi connectivity index (χ1v) is 3.07. The highest BCUT2D eigenvalue weighted by molar-refractivity contribution is 5.94. The number of Topliss-reactive ketones (excluding diaryl/α,β-unsaturated/α-hetero) is 1. The van der Waals surface area contributed by atoms with Crippen LogP contribution >= 0.6 is 0 Å². The highest BCUT2D eigenvalue weighted by Crippen LogP contribution is 2.60. The third-order valence-corrected chi connectivity index (χ3v) is 2.55. The van der Waals surface area contributed by atoms with Gasteiger partial charge in [-0.15, -0.1) is 0 Å². The van der Waals surface area contributed by atoms with E-state index in [-0.39, 0.29) is 6.10 Å². The molecule has 0 amide bonds. The molecular formula is C6H6O2. The third-order valence-electron chi connectivity index (χ3n) is 2.55. The summed E-state index contributed by atoms with van der Waals surface area (Å²) in [6.07, 6.45) is 1.45. The summed E-state index contributed by atoms with van der Waals surface area (Å²) in [7, 11) is 0. The number of ketones is 1. The van der Waals surface area contributed by atoms with Crippen molar-refractivity contribution in [2.45, 2.75) is 18.6 Å². The van der Waals surface area contributed by atoms with Crippen LogP contribution in [0.15, 0.2) is 0 Å². The number of carbonyl (C=O) groups excluding carboxylic acids is 1. The van der Waals surface area contributed by atoms with E-state index in [1.165, 1.54) is 0 Å². The second-order valence-electron chi connectivity index (χ2n) is 2.92. The minimum atomic E-state index is 0.0370. The van der Waals surface area contributed by atoms with Crippen LogP contribution < -0.4 is 0 Å². The number of carbonyl (C=O) groups is 1. The van der Waals surface area contributed by atoms with Crippen molar-refractivity contribution in [3.05, 3.63) is 0 Å². The maximum atomic E-state index is 10.9. The summed E-state index contributed by atoms with van der Waals surface area (Å²) in [6.45, 7) is 0. The summed E-state index contributed by atoms with van der Waals surface area (Å²) in [6, 6.07) is 0. The minimum absolute atomic E-state index is 0.0370. The fourth-order valence-electron chi connectivity index (χ4n) is 2.07. The predicted molar refractivity (Wildman–Crippen MR) is 25.3 cm³/mol. The quantitative estimate of drug-likeness (QED) is 0.438. The Morgan fingerprint density at radius 2 is 2.50 bits per heavy atom. The van der Waals surface area contributed by atoms with Gasteiger partial charge in [0.05, 0.1) is 12.0 Å². The molecule has 0 spiro atoms. The Morgan fingerprint density at radius 3 is 2.62 bits per heavy atom. The van der Waals surface area contributed by atoms with Crippen molar-refractivity contribution < 1.29 is 9.53 Å². The van der Waals surface area contributed by atoms with Crippen LogP contribution in [-0.4, -0.2) is 18.0 Å². The van der Waals surface area contributed by atoms with Gasteiger partial charge in [-0.2, -0.15) is 0 Å². The van der Waals surface area contributed by atoms with Crippen molar-refractivity contribution in [2.24, 2.45) is 11.8 Å². The van der Waals surface area contributed by atoms with Gasteiger partial charge in [0.1, 0.15) is 6.10 Å². The van der Waals surface area contributed by atoms with Crippen LogP contribution in [0, 0.1) is 11.8 Å². The number of ether oxygens (including phenoxy) is 1. The maximum Gasteiger partial charge on any atom is 0.167 e. The number of hydrogen-bond acceptors (Lipinski definition) is 2. The van der Waals surface area contributed by atoms with Crippen molar-refractivity contribution in [1.82, 2.24) is 0 Å². The first-order chi connectivity index (χ1) is 3.88. The molecule has 2 aliphatic carbocycles. The normalized spacial score (nSPS) is 64.8. The van der Waals surface area contributed by atoms with E-state index >= 15 is 0 Å². The van der Waals surface area contributed by atoms with Crippen LogP contribution in [0.3, 0.4) is 0 Å². The third kappa shape index (κ3) is 0.184. The smallest absolute Gasteiger partial charge is 0.167 e. The molecule has 0 N–H and O–H groups in total. The molecule has 0 radical (unpaired) electrons. The largest absolute Gasteiger partial charge is 0.366 e. The Morgan fingerprint density at radius 1 is 1.62 bits per heavy atom. The van der Waals surface area contributed by atoms with Gasteiger partial charge >= 0.3 is 0 Å². The molecule has 42 valence electrons. The van der Waals surface area contributed by atoms with Gasteiger partial charge in [0.2, 0.25) is 0 Å². The Labute approximate surface area is 46.8 Å². The Kier molecular flexibility index (Phi) is 0.344. The molecule has 2 saturated carbocycles. The van der Waals surface area contributed by atoms with E-state index in [1.807, 2.05) is 0 Å². The van der Waals surface area contributed by atoms with E-state index in [9.17, 15) is 4.79 Å². The van der Waals surface area contributed by atoms with E-state index in [0.717, 1.165) is 6.42 Å². The lowest BCUT2D eigenvalue weighted by atomic mass is 10.2. The predicted octanol–water partition coefficient (Wildman–Crippen LogP) is -0.0274. The van der Waals surface area contributed by atoms with E-state index in [0.29, 0.717) is 23.7 Å². The molecular weight excluding hydrogens is 104 g/mol. The van der Waals surface area contributed by atoms with Gasteiger partial charge in [-0.05, 0) is 6.42 Å². The van der Waals surface area contributed by atoms with E-state index in [2.05, 4.69) is 0 Å². The lowest BCUT2D eigenvalue weighted by Crippen LogP contribution is -2.09. The van der Waals surface area contributed by atoms with Gasteiger partial charge in [0.15, 0.2) is 5.78 Å². The zero-order valence-electron chi connectivity index (χ0n) is 4.33. The summed E-state index contributed by atoms with van der Waals surface area (Å²) in [5, 5.41) is 0. The Bertz CT molecular complexity index is 159. The molecule has 2 saturated heterocycles. The van der Waals surface area contributed by atoms with Crippen LogP contribution in [0.4, 0.5) is 0 Å². The van der Waals surface area contributed by atoms with Crippen LogP contribution in [0.5, 0.6) is 0 Å². The molecule has 8 heavy (non-hydrogen) atoms. The standard InChI is InChI=1S/C6H6O2/c7-5-3-1-2-4(5)6(2)8-3/h2-4,6H,1H2. The number of rotatable bonds is 0. The summed E-state index contributed by atoms with van der Waals surface area (Å²) >= 11 is 0. The fourth-order valence-corrected chi connectivity index (χ4v) is 2.07. The van der Waals surface area contributed by atoms with Gasteiger partial charge < -0.3 is 4.74 Å². The maximum absolute atomic E-state index is 10.9. The zero-order valence-corrected chi connectivity index (χ0v) is 4.33. The molecule has 0 aromatic heterocycles. The van der Waals surface area contributed by atoms with E-state index < -0.39 is 0 Å². The van der Waals surface area contributed by atoms with Crippen LogP contribution in [0.2, 0.25) is 0 Å². The average molecular weight is 110 g/mol. The molecule has 4 fully saturated rings. The van der Waals surface area contributed by atoms with Gasteiger partial charge in [-0.1, -0.05) is 0 Å².